The molecule has 0 amide bonds. The van der Waals surface area contributed by atoms with Crippen LogP contribution in [-0.2, 0) is 4.79 Å². The average molecular weight is 501 g/mol. The van der Waals surface area contributed by atoms with Crippen LogP contribution in [0.25, 0.3) is 16.9 Å². The molecule has 2 aliphatic heterocycles. The van der Waals surface area contributed by atoms with Gasteiger partial charge in [0.25, 0.3) is 0 Å². The first-order valence-electron chi connectivity index (χ1n) is 12.5. The summed E-state index contributed by atoms with van der Waals surface area (Å²) in [4.78, 5) is 37.0. The smallest absolute Gasteiger partial charge is 0.308 e. The normalized spacial score (nSPS) is 18.4. The number of anilines is 3. The van der Waals surface area contributed by atoms with Gasteiger partial charge < -0.3 is 24.9 Å². The number of rotatable bonds is 5. The highest BCUT2D eigenvalue weighted by Gasteiger charge is 2.30. The number of phenols is 1. The largest absolute Gasteiger partial charge is 0.508 e. The van der Waals surface area contributed by atoms with E-state index in [1.54, 1.807) is 30.9 Å². The van der Waals surface area contributed by atoms with Crippen LogP contribution in [0, 0.1) is 5.92 Å². The second-order valence-corrected chi connectivity index (χ2v) is 9.45. The summed E-state index contributed by atoms with van der Waals surface area (Å²) in [5, 5.41) is 19.3. The molecule has 1 atom stereocenters. The SMILES string of the molecule is O=C(O)C1CCCN(c2nc(N3CCN(c4ccc(O)cc4)CC3)nc3c2ncn3-c2ccncc2)C1. The molecule has 1 aromatic carbocycles. The Bertz CT molecular complexity index is 1400. The Morgan fingerprint density at radius 2 is 1.59 bits per heavy atom. The minimum Gasteiger partial charge on any atom is -0.508 e. The summed E-state index contributed by atoms with van der Waals surface area (Å²) >= 11 is 0. The maximum Gasteiger partial charge on any atom is 0.308 e. The van der Waals surface area contributed by atoms with Crippen LogP contribution in [0.5, 0.6) is 5.75 Å². The fraction of sp³-hybridized carbons (Fsp3) is 0.346. The van der Waals surface area contributed by atoms with Crippen LogP contribution in [0.4, 0.5) is 17.5 Å². The number of piperidine rings is 1. The van der Waals surface area contributed by atoms with Crippen molar-refractivity contribution in [2.24, 2.45) is 5.92 Å². The van der Waals surface area contributed by atoms with E-state index in [4.69, 9.17) is 9.97 Å². The zero-order valence-electron chi connectivity index (χ0n) is 20.3. The minimum atomic E-state index is -0.775. The molecule has 1 unspecified atom stereocenters. The van der Waals surface area contributed by atoms with Gasteiger partial charge in [0.2, 0.25) is 5.95 Å². The van der Waals surface area contributed by atoms with E-state index >= 15 is 0 Å². The number of fused-ring (bicyclic) bond motifs is 1. The lowest BCUT2D eigenvalue weighted by atomic mass is 9.98. The van der Waals surface area contributed by atoms with E-state index < -0.39 is 11.9 Å². The number of aromatic hydroxyl groups is 1. The first kappa shape index (κ1) is 23.0. The number of aliphatic carboxylic acids is 1. The Labute approximate surface area is 213 Å². The maximum atomic E-state index is 11.8. The number of hydrogen-bond donors (Lipinski definition) is 2. The number of nitrogens with zero attached hydrogens (tertiary/aromatic N) is 8. The second-order valence-electron chi connectivity index (χ2n) is 9.45. The lowest BCUT2D eigenvalue weighted by Gasteiger charge is -2.37. The highest BCUT2D eigenvalue weighted by molar-refractivity contribution is 5.86. The highest BCUT2D eigenvalue weighted by Crippen LogP contribution is 2.31. The van der Waals surface area contributed by atoms with Gasteiger partial charge in [0.1, 0.15) is 12.1 Å². The van der Waals surface area contributed by atoms with Crippen molar-refractivity contribution < 1.29 is 15.0 Å². The highest BCUT2D eigenvalue weighted by atomic mass is 16.4. The molecule has 2 aliphatic rings. The number of benzene rings is 1. The van der Waals surface area contributed by atoms with Gasteiger partial charge in [-0.05, 0) is 49.2 Å². The van der Waals surface area contributed by atoms with E-state index in [-0.39, 0.29) is 5.75 Å². The van der Waals surface area contributed by atoms with Crippen LogP contribution in [0.3, 0.4) is 0 Å². The molecule has 5 heterocycles. The Balaban J connectivity index is 1.35. The molecule has 3 aromatic heterocycles. The van der Waals surface area contributed by atoms with Gasteiger partial charge in [-0.15, -0.1) is 0 Å². The molecule has 4 aromatic rings. The fourth-order valence-electron chi connectivity index (χ4n) is 5.13. The number of carboxylic acid groups (broad SMARTS) is 1. The zero-order valence-corrected chi connectivity index (χ0v) is 20.3. The molecule has 11 heteroatoms. The molecule has 11 nitrogen and oxygen atoms in total. The van der Waals surface area contributed by atoms with E-state index in [1.165, 1.54) is 0 Å². The molecule has 37 heavy (non-hydrogen) atoms. The van der Waals surface area contributed by atoms with Crippen molar-refractivity contribution in [3.05, 3.63) is 55.1 Å². The van der Waals surface area contributed by atoms with E-state index in [0.29, 0.717) is 35.9 Å². The van der Waals surface area contributed by atoms with Gasteiger partial charge >= 0.3 is 5.97 Å². The summed E-state index contributed by atoms with van der Waals surface area (Å²) < 4.78 is 1.93. The lowest BCUT2D eigenvalue weighted by Crippen LogP contribution is -2.47. The predicted molar refractivity (Wildman–Crippen MR) is 140 cm³/mol. The number of carbonyl (C=O) groups is 1. The van der Waals surface area contributed by atoms with Crippen molar-refractivity contribution in [1.82, 2.24) is 24.5 Å². The Morgan fingerprint density at radius 1 is 0.865 bits per heavy atom. The molecule has 0 aliphatic carbocycles. The topological polar surface area (TPSA) is 124 Å². The second kappa shape index (κ2) is 9.57. The summed E-state index contributed by atoms with van der Waals surface area (Å²) in [6.07, 6.45) is 6.65. The molecular weight excluding hydrogens is 472 g/mol. The van der Waals surface area contributed by atoms with Crippen LogP contribution in [0.1, 0.15) is 12.8 Å². The van der Waals surface area contributed by atoms with Gasteiger partial charge in [0, 0.05) is 57.3 Å². The molecule has 2 N–H and O–H groups in total. The molecule has 190 valence electrons. The zero-order chi connectivity index (χ0) is 25.4. The van der Waals surface area contributed by atoms with E-state index in [0.717, 1.165) is 50.5 Å². The monoisotopic (exact) mass is 500 g/mol. The van der Waals surface area contributed by atoms with Crippen LogP contribution < -0.4 is 14.7 Å². The molecular formula is C26H28N8O3. The number of piperazine rings is 1. The summed E-state index contributed by atoms with van der Waals surface area (Å²) in [6, 6.07) is 11.1. The first-order valence-corrected chi connectivity index (χ1v) is 12.5. The number of phenolic OH excluding ortho intramolecular Hbond substituents is 1. The van der Waals surface area contributed by atoms with Crippen molar-refractivity contribution >= 4 is 34.6 Å². The van der Waals surface area contributed by atoms with Crippen LogP contribution in [0.15, 0.2) is 55.1 Å². The van der Waals surface area contributed by atoms with Gasteiger partial charge in [-0.25, -0.2) is 4.98 Å². The standard InChI is InChI=1S/C26H28N8O3/c35-21-5-3-19(4-6-21)31-12-14-32(15-13-31)26-29-23(33-11-1-2-18(16-33)25(36)37)22-24(30-26)34(17-28-22)20-7-9-27-10-8-20/h3-10,17-18,35H,1-2,11-16H2,(H,36,37). The predicted octanol–water partition coefficient (Wildman–Crippen LogP) is 2.54. The van der Waals surface area contributed by atoms with E-state index in [1.807, 2.05) is 33.7 Å². The third kappa shape index (κ3) is 4.48. The van der Waals surface area contributed by atoms with Gasteiger partial charge in [0.15, 0.2) is 17.0 Å². The van der Waals surface area contributed by atoms with Crippen molar-refractivity contribution in [3.8, 4) is 11.4 Å². The third-order valence-electron chi connectivity index (χ3n) is 7.15. The van der Waals surface area contributed by atoms with Crippen LogP contribution in [0.2, 0.25) is 0 Å². The molecule has 0 saturated carbocycles. The maximum absolute atomic E-state index is 11.8. The molecule has 0 bridgehead atoms. The average Bonchev–Trinajstić information content (AvgIpc) is 3.38. The number of aromatic nitrogens is 5. The fourth-order valence-corrected chi connectivity index (χ4v) is 5.13. The van der Waals surface area contributed by atoms with Gasteiger partial charge in [-0.3, -0.25) is 14.3 Å². The Hall–Kier alpha value is -4.41. The number of hydrogen-bond acceptors (Lipinski definition) is 9. The molecule has 6 rings (SSSR count). The minimum absolute atomic E-state index is 0.255. The molecule has 2 fully saturated rings. The lowest BCUT2D eigenvalue weighted by molar-refractivity contribution is -0.141. The van der Waals surface area contributed by atoms with Crippen molar-refractivity contribution in [3.63, 3.8) is 0 Å². The summed E-state index contributed by atoms with van der Waals surface area (Å²) in [5.74, 6) is 0.340. The van der Waals surface area contributed by atoms with E-state index in [2.05, 4.69) is 19.8 Å². The van der Waals surface area contributed by atoms with Crippen molar-refractivity contribution in [2.45, 2.75) is 12.8 Å². The summed E-state index contributed by atoms with van der Waals surface area (Å²) in [5.41, 5.74) is 3.31. The van der Waals surface area contributed by atoms with Gasteiger partial charge in [0.05, 0.1) is 11.6 Å². The number of carboxylic acids is 1. The van der Waals surface area contributed by atoms with Gasteiger partial charge in [-0.2, -0.15) is 9.97 Å². The van der Waals surface area contributed by atoms with Crippen LogP contribution in [-0.4, -0.2) is 80.0 Å². The molecule has 2 saturated heterocycles. The van der Waals surface area contributed by atoms with Crippen molar-refractivity contribution in [1.29, 1.82) is 0 Å². The number of imidazole rings is 1. The molecule has 0 spiro atoms. The first-order chi connectivity index (χ1) is 18.1. The third-order valence-corrected chi connectivity index (χ3v) is 7.15. The van der Waals surface area contributed by atoms with Gasteiger partial charge in [-0.1, -0.05) is 0 Å². The summed E-state index contributed by atoms with van der Waals surface area (Å²) in [7, 11) is 0. The Kier molecular flexibility index (Phi) is 5.95. The number of pyridine rings is 1. The quantitative estimate of drug-likeness (QED) is 0.422. The van der Waals surface area contributed by atoms with E-state index in [9.17, 15) is 15.0 Å². The van der Waals surface area contributed by atoms with Crippen LogP contribution >= 0.6 is 0 Å². The van der Waals surface area contributed by atoms with Crippen molar-refractivity contribution in [2.75, 3.05) is 54.0 Å². The molecule has 0 radical (unpaired) electrons. The summed E-state index contributed by atoms with van der Waals surface area (Å²) in [6.45, 7) is 4.16. The Morgan fingerprint density at radius 3 is 2.32 bits per heavy atom.